The molecule has 0 aliphatic rings. The maximum Gasteiger partial charge on any atom is 0.303 e. The summed E-state index contributed by atoms with van der Waals surface area (Å²) in [5, 5.41) is 9.48. The summed E-state index contributed by atoms with van der Waals surface area (Å²) in [6, 6.07) is 0. The van der Waals surface area contributed by atoms with Crippen LogP contribution in [0, 0.1) is 0 Å². The summed E-state index contributed by atoms with van der Waals surface area (Å²) in [6.07, 6.45) is 8.54. The summed E-state index contributed by atoms with van der Waals surface area (Å²) in [5.74, 6) is -0.667. The zero-order chi connectivity index (χ0) is 9.94. The van der Waals surface area contributed by atoms with E-state index in [1.165, 1.54) is 32.1 Å². The Kier molecular flexibility index (Phi) is 15.2. The molecule has 0 saturated carbocycles. The average Bonchev–Trinajstić information content (AvgIpc) is 2.09. The van der Waals surface area contributed by atoms with Crippen LogP contribution in [0.15, 0.2) is 0 Å². The Balaban J connectivity index is 0. The fourth-order valence-electron chi connectivity index (χ4n) is 1.25. The van der Waals surface area contributed by atoms with Crippen molar-refractivity contribution in [1.82, 2.24) is 0 Å². The maximum absolute atomic E-state index is 10.2. The van der Waals surface area contributed by atoms with Crippen LogP contribution in [0.4, 0.5) is 0 Å². The lowest BCUT2D eigenvalue weighted by Crippen LogP contribution is -1.93. The Morgan fingerprint density at radius 1 is 0.929 bits per heavy atom. The van der Waals surface area contributed by atoms with Gasteiger partial charge < -0.3 is 5.11 Å². The van der Waals surface area contributed by atoms with Gasteiger partial charge in [-0.05, 0) is 12.8 Å². The maximum atomic E-state index is 10.2. The summed E-state index contributed by atoms with van der Waals surface area (Å²) < 4.78 is 0. The molecule has 0 amide bonds. The van der Waals surface area contributed by atoms with Gasteiger partial charge in [0.15, 0.2) is 0 Å². The van der Waals surface area contributed by atoms with Crippen LogP contribution < -0.4 is 0 Å². The van der Waals surface area contributed by atoms with Crippen molar-refractivity contribution in [3.63, 3.8) is 0 Å². The Bertz CT molecular complexity index is 126. The molecule has 0 aromatic heterocycles. The number of alkyl halides is 1. The first-order valence-electron chi connectivity index (χ1n) is 5.05. The third-order valence-corrected chi connectivity index (χ3v) is 2.59. The standard InChI is InChI=1S/C10H19BrO2.CH4/c11-9-7-5-3-1-2-4-6-8-10(12)13;/h1-9H2,(H,12,13);1H4. The van der Waals surface area contributed by atoms with Crippen LogP contribution in [0.3, 0.4) is 0 Å². The second-order valence-electron chi connectivity index (χ2n) is 3.31. The summed E-state index contributed by atoms with van der Waals surface area (Å²) >= 11 is 3.39. The molecule has 0 heterocycles. The number of rotatable bonds is 9. The van der Waals surface area contributed by atoms with Crippen molar-refractivity contribution in [2.24, 2.45) is 0 Å². The van der Waals surface area contributed by atoms with Gasteiger partial charge in [-0.2, -0.15) is 0 Å². The van der Waals surface area contributed by atoms with Crippen LogP contribution in [0.1, 0.15) is 58.8 Å². The first-order chi connectivity index (χ1) is 6.27. The molecule has 0 fully saturated rings. The summed E-state index contributed by atoms with van der Waals surface area (Å²) in [7, 11) is 0. The van der Waals surface area contributed by atoms with Crippen molar-refractivity contribution in [2.75, 3.05) is 5.33 Å². The number of carboxylic acid groups (broad SMARTS) is 1. The molecule has 0 radical (unpaired) electrons. The van der Waals surface area contributed by atoms with E-state index in [2.05, 4.69) is 15.9 Å². The van der Waals surface area contributed by atoms with Gasteiger partial charge in [0, 0.05) is 11.8 Å². The van der Waals surface area contributed by atoms with E-state index in [0.29, 0.717) is 6.42 Å². The van der Waals surface area contributed by atoms with E-state index in [-0.39, 0.29) is 7.43 Å². The molecule has 0 aliphatic heterocycles. The molecule has 0 atom stereocenters. The number of hydrogen-bond acceptors (Lipinski definition) is 1. The van der Waals surface area contributed by atoms with Crippen LogP contribution in [-0.4, -0.2) is 16.4 Å². The first kappa shape index (κ1) is 16.4. The van der Waals surface area contributed by atoms with Gasteiger partial charge in [-0.1, -0.05) is 55.5 Å². The van der Waals surface area contributed by atoms with Crippen molar-refractivity contribution in [3.05, 3.63) is 0 Å². The van der Waals surface area contributed by atoms with Crippen LogP contribution in [-0.2, 0) is 4.79 Å². The van der Waals surface area contributed by atoms with Crippen molar-refractivity contribution in [1.29, 1.82) is 0 Å². The molecule has 1 N–H and O–H groups in total. The summed E-state index contributed by atoms with van der Waals surface area (Å²) in [4.78, 5) is 10.2. The highest BCUT2D eigenvalue weighted by molar-refractivity contribution is 9.09. The molecule has 0 bridgehead atoms. The van der Waals surface area contributed by atoms with Crippen LogP contribution in [0.5, 0.6) is 0 Å². The van der Waals surface area contributed by atoms with Gasteiger partial charge in [-0.15, -0.1) is 0 Å². The van der Waals surface area contributed by atoms with E-state index in [9.17, 15) is 4.79 Å². The second kappa shape index (κ2) is 12.9. The Morgan fingerprint density at radius 3 is 1.79 bits per heavy atom. The Labute approximate surface area is 96.2 Å². The largest absolute Gasteiger partial charge is 0.481 e. The van der Waals surface area contributed by atoms with Gasteiger partial charge >= 0.3 is 5.97 Å². The van der Waals surface area contributed by atoms with Crippen LogP contribution in [0.2, 0.25) is 0 Å². The van der Waals surface area contributed by atoms with Gasteiger partial charge in [0.2, 0.25) is 0 Å². The smallest absolute Gasteiger partial charge is 0.303 e. The SMILES string of the molecule is C.O=C(O)CCCCCCCCCBr. The Hall–Kier alpha value is -0.0500. The van der Waals surface area contributed by atoms with Crippen molar-refractivity contribution in [3.8, 4) is 0 Å². The minimum Gasteiger partial charge on any atom is -0.481 e. The highest BCUT2D eigenvalue weighted by atomic mass is 79.9. The molecule has 0 unspecified atom stereocenters. The Morgan fingerprint density at radius 2 is 1.36 bits per heavy atom. The number of carboxylic acids is 1. The van der Waals surface area contributed by atoms with Crippen molar-refractivity contribution >= 4 is 21.9 Å². The lowest BCUT2D eigenvalue weighted by Gasteiger charge is -1.99. The first-order valence-corrected chi connectivity index (χ1v) is 6.17. The number of aliphatic carboxylic acids is 1. The van der Waals surface area contributed by atoms with E-state index < -0.39 is 5.97 Å². The van der Waals surface area contributed by atoms with Crippen molar-refractivity contribution in [2.45, 2.75) is 58.8 Å². The summed E-state index contributed by atoms with van der Waals surface area (Å²) in [6.45, 7) is 0. The molecule has 3 heteroatoms. The van der Waals surface area contributed by atoms with Gasteiger partial charge in [0.1, 0.15) is 0 Å². The molecule has 2 nitrogen and oxygen atoms in total. The average molecular weight is 267 g/mol. The van der Waals surface area contributed by atoms with E-state index in [4.69, 9.17) is 5.11 Å². The molecule has 0 saturated heterocycles. The number of carbonyl (C=O) groups is 1. The molecule has 0 spiro atoms. The lowest BCUT2D eigenvalue weighted by molar-refractivity contribution is -0.137. The predicted molar refractivity (Wildman–Crippen MR) is 65.1 cm³/mol. The monoisotopic (exact) mass is 266 g/mol. The minimum atomic E-state index is -0.667. The highest BCUT2D eigenvalue weighted by Gasteiger charge is 1.96. The lowest BCUT2D eigenvalue weighted by atomic mass is 10.1. The van der Waals surface area contributed by atoms with Gasteiger partial charge in [-0.25, -0.2) is 0 Å². The predicted octanol–water partition coefficient (Wildman–Crippen LogP) is 4.22. The quantitative estimate of drug-likeness (QED) is 0.501. The molecular formula is C11H23BrO2. The number of hydrogen-bond donors (Lipinski definition) is 1. The molecule has 0 rings (SSSR count). The van der Waals surface area contributed by atoms with Gasteiger partial charge in [0.05, 0.1) is 0 Å². The second-order valence-corrected chi connectivity index (χ2v) is 4.10. The van der Waals surface area contributed by atoms with E-state index in [0.717, 1.165) is 18.2 Å². The van der Waals surface area contributed by atoms with Crippen LogP contribution >= 0.6 is 15.9 Å². The zero-order valence-corrected chi connectivity index (χ0v) is 9.68. The van der Waals surface area contributed by atoms with E-state index in [1.807, 2.05) is 0 Å². The molecule has 0 aromatic carbocycles. The normalized spacial score (nSPS) is 9.50. The van der Waals surface area contributed by atoms with Gasteiger partial charge in [-0.3, -0.25) is 4.79 Å². The molecule has 14 heavy (non-hydrogen) atoms. The van der Waals surface area contributed by atoms with E-state index in [1.54, 1.807) is 0 Å². The fourth-order valence-corrected chi connectivity index (χ4v) is 1.65. The summed E-state index contributed by atoms with van der Waals surface area (Å²) in [5.41, 5.74) is 0. The number of unbranched alkanes of at least 4 members (excludes halogenated alkanes) is 6. The fraction of sp³-hybridized carbons (Fsp3) is 0.909. The van der Waals surface area contributed by atoms with Crippen molar-refractivity contribution < 1.29 is 9.90 Å². The highest BCUT2D eigenvalue weighted by Crippen LogP contribution is 2.08. The zero-order valence-electron chi connectivity index (χ0n) is 8.10. The van der Waals surface area contributed by atoms with Crippen LogP contribution in [0.25, 0.3) is 0 Å². The van der Waals surface area contributed by atoms with E-state index >= 15 is 0 Å². The molecular weight excluding hydrogens is 244 g/mol. The topological polar surface area (TPSA) is 37.3 Å². The molecule has 0 aliphatic carbocycles. The number of halogens is 1. The third-order valence-electron chi connectivity index (χ3n) is 2.02. The molecule has 86 valence electrons. The molecule has 0 aromatic rings. The third kappa shape index (κ3) is 14.5. The van der Waals surface area contributed by atoms with Gasteiger partial charge in [0.25, 0.3) is 0 Å². The minimum absolute atomic E-state index is 0.